The van der Waals surface area contributed by atoms with Crippen LogP contribution in [0.4, 0.5) is 5.82 Å². The normalized spacial score (nSPS) is 21.4. The van der Waals surface area contributed by atoms with Crippen molar-refractivity contribution in [1.29, 1.82) is 0 Å². The average Bonchev–Trinajstić information content (AvgIpc) is 2.76. The second-order valence-corrected chi connectivity index (χ2v) is 4.06. The van der Waals surface area contributed by atoms with E-state index in [1.54, 1.807) is 4.57 Å². The lowest BCUT2D eigenvalue weighted by molar-refractivity contribution is -0.389. The number of aromatic nitrogens is 2. The van der Waals surface area contributed by atoms with Crippen molar-refractivity contribution in [3.63, 3.8) is 0 Å². The Morgan fingerprint density at radius 3 is 3.07 bits per heavy atom. The summed E-state index contributed by atoms with van der Waals surface area (Å²) in [6.45, 7) is 1.46. The van der Waals surface area contributed by atoms with Gasteiger partial charge in [0.15, 0.2) is 0 Å². The lowest BCUT2D eigenvalue weighted by Crippen LogP contribution is -2.26. The summed E-state index contributed by atoms with van der Waals surface area (Å²) in [6, 6.07) is 0.384. The topological polar surface area (TPSA) is 70.2 Å². The van der Waals surface area contributed by atoms with Gasteiger partial charge < -0.3 is 14.9 Å². The van der Waals surface area contributed by atoms with E-state index in [2.05, 4.69) is 4.98 Å². The molecule has 0 bridgehead atoms. The van der Waals surface area contributed by atoms with Gasteiger partial charge in [-0.3, -0.25) is 4.57 Å². The zero-order chi connectivity index (χ0) is 9.76. The van der Waals surface area contributed by atoms with E-state index in [0.29, 0.717) is 12.6 Å². The fourth-order valence-electron chi connectivity index (χ4n) is 1.81. The van der Waals surface area contributed by atoms with Gasteiger partial charge >= 0.3 is 11.8 Å². The van der Waals surface area contributed by atoms with Gasteiger partial charge in [0.05, 0.1) is 0 Å². The molecule has 1 aromatic heterocycles. The molecule has 0 radical (unpaired) electrons. The number of rotatable bonds is 1. The highest BCUT2D eigenvalue weighted by Crippen LogP contribution is 2.50. The summed E-state index contributed by atoms with van der Waals surface area (Å²) in [5.41, 5.74) is 0.252. The Morgan fingerprint density at radius 2 is 2.43 bits per heavy atom. The van der Waals surface area contributed by atoms with Crippen LogP contribution < -0.4 is 4.74 Å². The van der Waals surface area contributed by atoms with E-state index in [0.717, 1.165) is 19.4 Å². The third-order valence-corrected chi connectivity index (χ3v) is 2.88. The molecule has 0 aromatic carbocycles. The molecule has 2 heterocycles. The highest BCUT2D eigenvalue weighted by atomic mass is 16.6. The minimum absolute atomic E-state index is 0.127. The zero-order valence-electron chi connectivity index (χ0n) is 7.47. The number of ether oxygens (including phenoxy) is 1. The number of nitro groups is 1. The maximum absolute atomic E-state index is 10.5. The Labute approximate surface area is 79.6 Å². The van der Waals surface area contributed by atoms with Gasteiger partial charge in [-0.1, -0.05) is 0 Å². The van der Waals surface area contributed by atoms with E-state index in [1.165, 1.54) is 6.20 Å². The average molecular weight is 195 g/mol. The maximum atomic E-state index is 10.5. The van der Waals surface area contributed by atoms with E-state index in [9.17, 15) is 10.1 Å². The molecule has 6 heteroatoms. The predicted octanol–water partition coefficient (Wildman–Crippen LogP) is 0.964. The Balaban J connectivity index is 1.97. The first kappa shape index (κ1) is 7.78. The standard InChI is InChI=1S/C8H9N3O3/c12-11(13)6-3-10-4-8(1-2-8)5-14-7(10)9-6/h3H,1-2,4-5H2. The lowest BCUT2D eigenvalue weighted by Gasteiger charge is -2.20. The first-order valence-corrected chi connectivity index (χ1v) is 4.53. The largest absolute Gasteiger partial charge is 0.445 e. The minimum Gasteiger partial charge on any atom is -0.445 e. The van der Waals surface area contributed by atoms with Crippen LogP contribution in [0.3, 0.4) is 0 Å². The second kappa shape index (κ2) is 2.26. The summed E-state index contributed by atoms with van der Waals surface area (Å²) < 4.78 is 7.12. The van der Waals surface area contributed by atoms with Crippen molar-refractivity contribution >= 4 is 5.82 Å². The van der Waals surface area contributed by atoms with Crippen molar-refractivity contribution < 1.29 is 9.66 Å². The van der Waals surface area contributed by atoms with Gasteiger partial charge in [0.1, 0.15) is 12.8 Å². The zero-order valence-corrected chi connectivity index (χ0v) is 7.47. The number of hydrogen-bond acceptors (Lipinski definition) is 4. The monoisotopic (exact) mass is 195 g/mol. The fraction of sp³-hybridized carbons (Fsp3) is 0.625. The van der Waals surface area contributed by atoms with E-state index in [4.69, 9.17) is 4.74 Å². The summed E-state index contributed by atoms with van der Waals surface area (Å²) in [4.78, 5) is 13.8. The van der Waals surface area contributed by atoms with E-state index >= 15 is 0 Å². The molecule has 1 aliphatic heterocycles. The Kier molecular flexibility index (Phi) is 1.25. The molecule has 1 fully saturated rings. The number of nitrogens with zero attached hydrogens (tertiary/aromatic N) is 3. The van der Waals surface area contributed by atoms with Crippen molar-refractivity contribution in [2.75, 3.05) is 6.61 Å². The summed E-state index contributed by atoms with van der Waals surface area (Å²) in [6.07, 6.45) is 3.76. The van der Waals surface area contributed by atoms with Crippen LogP contribution in [0.2, 0.25) is 0 Å². The molecule has 1 aliphatic carbocycles. The van der Waals surface area contributed by atoms with Crippen molar-refractivity contribution in [3.8, 4) is 6.01 Å². The first-order valence-electron chi connectivity index (χ1n) is 4.53. The molecule has 0 amide bonds. The molecule has 1 aromatic rings. The van der Waals surface area contributed by atoms with Crippen LogP contribution in [0, 0.1) is 15.5 Å². The van der Waals surface area contributed by atoms with Crippen LogP contribution in [0.15, 0.2) is 6.20 Å². The van der Waals surface area contributed by atoms with Gasteiger partial charge in [-0.2, -0.15) is 0 Å². The Morgan fingerprint density at radius 1 is 1.64 bits per heavy atom. The molecule has 0 atom stereocenters. The van der Waals surface area contributed by atoms with Gasteiger partial charge in [-0.15, -0.1) is 0 Å². The van der Waals surface area contributed by atoms with Gasteiger partial charge in [0.25, 0.3) is 0 Å². The Bertz CT molecular complexity index is 408. The minimum atomic E-state index is -0.492. The Hall–Kier alpha value is -1.59. The van der Waals surface area contributed by atoms with Crippen molar-refractivity contribution in [3.05, 3.63) is 16.3 Å². The van der Waals surface area contributed by atoms with E-state index in [-0.39, 0.29) is 11.2 Å². The molecule has 74 valence electrons. The van der Waals surface area contributed by atoms with E-state index < -0.39 is 4.92 Å². The number of fused-ring (bicyclic) bond motifs is 1. The summed E-state index contributed by atoms with van der Waals surface area (Å²) in [5, 5.41) is 10.5. The van der Waals surface area contributed by atoms with Crippen LogP contribution in [0.25, 0.3) is 0 Å². The molecule has 2 aliphatic rings. The third kappa shape index (κ3) is 0.997. The maximum Gasteiger partial charge on any atom is 0.414 e. The van der Waals surface area contributed by atoms with Gasteiger partial charge in [0.2, 0.25) is 0 Å². The molecule has 14 heavy (non-hydrogen) atoms. The quantitative estimate of drug-likeness (QED) is 0.494. The molecule has 0 saturated heterocycles. The van der Waals surface area contributed by atoms with Crippen molar-refractivity contribution in [2.24, 2.45) is 5.41 Å². The molecular weight excluding hydrogens is 186 g/mol. The molecule has 1 spiro atoms. The highest BCUT2D eigenvalue weighted by molar-refractivity contribution is 5.22. The summed E-state index contributed by atoms with van der Waals surface area (Å²) >= 11 is 0. The van der Waals surface area contributed by atoms with Crippen molar-refractivity contribution in [1.82, 2.24) is 9.55 Å². The molecule has 0 unspecified atom stereocenters. The SMILES string of the molecule is O=[N+]([O-])c1cn2c(n1)OCC1(CC1)C2. The molecule has 6 nitrogen and oxygen atoms in total. The highest BCUT2D eigenvalue weighted by Gasteiger charge is 2.48. The number of hydrogen-bond donors (Lipinski definition) is 0. The van der Waals surface area contributed by atoms with Crippen LogP contribution in [-0.4, -0.2) is 21.1 Å². The molecule has 1 saturated carbocycles. The molecule has 3 rings (SSSR count). The number of imidazole rings is 1. The van der Waals surface area contributed by atoms with Gasteiger partial charge in [0, 0.05) is 16.9 Å². The second-order valence-electron chi connectivity index (χ2n) is 4.06. The molecular formula is C8H9N3O3. The van der Waals surface area contributed by atoms with Crippen LogP contribution in [-0.2, 0) is 6.54 Å². The lowest BCUT2D eigenvalue weighted by atomic mass is 10.1. The van der Waals surface area contributed by atoms with Crippen molar-refractivity contribution in [2.45, 2.75) is 19.4 Å². The van der Waals surface area contributed by atoms with E-state index in [1.807, 2.05) is 0 Å². The summed E-state index contributed by atoms with van der Waals surface area (Å²) in [7, 11) is 0. The molecule has 0 N–H and O–H groups in total. The predicted molar refractivity (Wildman–Crippen MR) is 46.0 cm³/mol. The van der Waals surface area contributed by atoms with Crippen LogP contribution >= 0.6 is 0 Å². The third-order valence-electron chi connectivity index (χ3n) is 2.88. The van der Waals surface area contributed by atoms with Crippen LogP contribution in [0.5, 0.6) is 6.01 Å². The fourth-order valence-corrected chi connectivity index (χ4v) is 1.81. The van der Waals surface area contributed by atoms with Gasteiger partial charge in [-0.05, 0) is 17.8 Å². The first-order chi connectivity index (χ1) is 6.69. The smallest absolute Gasteiger partial charge is 0.414 e. The summed E-state index contributed by atoms with van der Waals surface area (Å²) in [5.74, 6) is -0.127. The van der Waals surface area contributed by atoms with Crippen LogP contribution in [0.1, 0.15) is 12.8 Å². The van der Waals surface area contributed by atoms with Gasteiger partial charge in [-0.25, -0.2) is 0 Å².